The van der Waals surface area contributed by atoms with Crippen molar-refractivity contribution in [3.8, 4) is 0 Å². The first kappa shape index (κ1) is 13.6. The van der Waals surface area contributed by atoms with Crippen molar-refractivity contribution in [1.82, 2.24) is 0 Å². The molecule has 4 heteroatoms. The summed E-state index contributed by atoms with van der Waals surface area (Å²) in [7, 11) is -3.51. The molecule has 3 nitrogen and oxygen atoms in total. The molecule has 0 aromatic heterocycles. The van der Waals surface area contributed by atoms with E-state index in [1.165, 1.54) is 12.1 Å². The second-order valence-corrected chi connectivity index (χ2v) is 6.05. The molecule has 0 atom stereocenters. The highest BCUT2D eigenvalue weighted by Crippen LogP contribution is 2.13. The van der Waals surface area contributed by atoms with E-state index in [-0.39, 0.29) is 16.6 Å². The molecular weight excluding hydrogens is 236 g/mol. The second-order valence-electron chi connectivity index (χ2n) is 4.22. The van der Waals surface area contributed by atoms with Gasteiger partial charge in [0.2, 0.25) is 0 Å². The Balaban J connectivity index is 2.97. The zero-order valence-corrected chi connectivity index (χ0v) is 11.0. The molecule has 0 N–H and O–H groups in total. The van der Waals surface area contributed by atoms with Crippen LogP contribution in [0.25, 0.3) is 0 Å². The van der Waals surface area contributed by atoms with Crippen molar-refractivity contribution in [3.05, 3.63) is 41.3 Å². The molecule has 0 aliphatic carbocycles. The van der Waals surface area contributed by atoms with Crippen LogP contribution < -0.4 is 0 Å². The number of hydrogen-bond acceptors (Lipinski definition) is 3. The average molecular weight is 252 g/mol. The molecule has 0 saturated carbocycles. The number of benzene rings is 1. The van der Waals surface area contributed by atoms with Gasteiger partial charge in [-0.15, -0.1) is 0 Å². The van der Waals surface area contributed by atoms with Crippen molar-refractivity contribution in [2.24, 2.45) is 5.92 Å². The van der Waals surface area contributed by atoms with E-state index in [1.807, 2.05) is 6.92 Å². The summed E-state index contributed by atoms with van der Waals surface area (Å²) in [6.45, 7) is 5.34. The third-order valence-corrected chi connectivity index (χ3v) is 3.75. The van der Waals surface area contributed by atoms with Crippen LogP contribution in [0.3, 0.4) is 0 Å². The Labute approximate surface area is 102 Å². The number of ketones is 1. The van der Waals surface area contributed by atoms with Gasteiger partial charge in [-0.05, 0) is 25.1 Å². The molecule has 17 heavy (non-hydrogen) atoms. The van der Waals surface area contributed by atoms with Crippen LogP contribution in [0.4, 0.5) is 0 Å². The molecule has 0 aliphatic rings. The number of carbonyl (C=O) groups excluding carboxylic acids is 1. The maximum absolute atomic E-state index is 11.8. The fourth-order valence-electron chi connectivity index (χ4n) is 1.16. The van der Waals surface area contributed by atoms with E-state index in [9.17, 15) is 13.2 Å². The smallest absolute Gasteiger partial charge is 0.199 e. The van der Waals surface area contributed by atoms with Gasteiger partial charge in [-0.3, -0.25) is 4.79 Å². The van der Waals surface area contributed by atoms with Crippen molar-refractivity contribution in [2.45, 2.75) is 25.7 Å². The number of allylic oxidation sites excluding steroid dienone is 1. The van der Waals surface area contributed by atoms with Crippen molar-refractivity contribution in [2.75, 3.05) is 0 Å². The van der Waals surface area contributed by atoms with Crippen molar-refractivity contribution >= 4 is 15.6 Å². The summed E-state index contributed by atoms with van der Waals surface area (Å²) in [5.41, 5.74) is 0.992. The summed E-state index contributed by atoms with van der Waals surface area (Å²) < 4.78 is 23.7. The molecule has 1 aromatic rings. The third-order valence-electron chi connectivity index (χ3n) is 2.33. The quantitative estimate of drug-likeness (QED) is 0.774. The molecule has 92 valence electrons. The van der Waals surface area contributed by atoms with Crippen LogP contribution in [0.5, 0.6) is 0 Å². The van der Waals surface area contributed by atoms with Gasteiger partial charge in [-0.25, -0.2) is 8.42 Å². The highest BCUT2D eigenvalue weighted by Gasteiger charge is 2.11. The van der Waals surface area contributed by atoms with Gasteiger partial charge < -0.3 is 0 Å². The third kappa shape index (κ3) is 3.82. The van der Waals surface area contributed by atoms with Crippen LogP contribution in [-0.4, -0.2) is 14.2 Å². The number of carbonyl (C=O) groups is 1. The molecule has 0 bridgehead atoms. The lowest BCUT2D eigenvalue weighted by Gasteiger charge is -2.00. The summed E-state index contributed by atoms with van der Waals surface area (Å²) in [6.07, 6.45) is 1.12. The standard InChI is InChI=1S/C13H16O3S/c1-10(2)13(14)8-9-17(15,16)12-6-4-11(3)5-7-12/h4-10H,1-3H3/b9-8+. The summed E-state index contributed by atoms with van der Waals surface area (Å²) in [4.78, 5) is 11.5. The number of hydrogen-bond donors (Lipinski definition) is 0. The van der Waals surface area contributed by atoms with E-state index >= 15 is 0 Å². The molecular formula is C13H16O3S. The highest BCUT2D eigenvalue weighted by atomic mass is 32.2. The fraction of sp³-hybridized carbons (Fsp3) is 0.308. The molecule has 1 rings (SSSR count). The minimum atomic E-state index is -3.51. The Bertz CT molecular complexity index is 522. The van der Waals surface area contributed by atoms with Gasteiger partial charge in [0.1, 0.15) is 0 Å². The van der Waals surface area contributed by atoms with Gasteiger partial charge in [0.15, 0.2) is 15.6 Å². The number of aryl methyl sites for hydroxylation is 1. The zero-order chi connectivity index (χ0) is 13.1. The SMILES string of the molecule is Cc1ccc(S(=O)(=O)/C=C/C(=O)C(C)C)cc1. The Morgan fingerprint density at radius 1 is 1.18 bits per heavy atom. The maximum Gasteiger partial charge on any atom is 0.199 e. The molecule has 0 aliphatic heterocycles. The zero-order valence-electron chi connectivity index (χ0n) is 10.2. The van der Waals surface area contributed by atoms with Crippen LogP contribution >= 0.6 is 0 Å². The van der Waals surface area contributed by atoms with Crippen LogP contribution in [0, 0.1) is 12.8 Å². The Kier molecular flexibility index (Phi) is 4.23. The lowest BCUT2D eigenvalue weighted by atomic mass is 10.1. The van der Waals surface area contributed by atoms with E-state index in [2.05, 4.69) is 0 Å². The van der Waals surface area contributed by atoms with E-state index < -0.39 is 9.84 Å². The Morgan fingerprint density at radius 3 is 2.18 bits per heavy atom. The molecule has 0 amide bonds. The minimum Gasteiger partial charge on any atom is -0.295 e. The first-order valence-corrected chi connectivity index (χ1v) is 6.91. The predicted octanol–water partition coefficient (Wildman–Crippen LogP) is 2.51. The topological polar surface area (TPSA) is 51.2 Å². The fourth-order valence-corrected chi connectivity index (χ4v) is 2.14. The average Bonchev–Trinajstić information content (AvgIpc) is 2.26. The number of sulfone groups is 1. The molecule has 0 spiro atoms. The van der Waals surface area contributed by atoms with Crippen LogP contribution in [-0.2, 0) is 14.6 Å². The predicted molar refractivity (Wildman–Crippen MR) is 67.3 cm³/mol. The second kappa shape index (κ2) is 5.27. The van der Waals surface area contributed by atoms with Crippen molar-refractivity contribution < 1.29 is 13.2 Å². The van der Waals surface area contributed by atoms with E-state index in [0.717, 1.165) is 17.0 Å². The van der Waals surface area contributed by atoms with E-state index in [0.29, 0.717) is 0 Å². The van der Waals surface area contributed by atoms with Crippen LogP contribution in [0.1, 0.15) is 19.4 Å². The molecule has 0 radical (unpaired) electrons. The summed E-state index contributed by atoms with van der Waals surface area (Å²) >= 11 is 0. The summed E-state index contributed by atoms with van der Waals surface area (Å²) in [5, 5.41) is 0.972. The lowest BCUT2D eigenvalue weighted by molar-refractivity contribution is -0.117. The Morgan fingerprint density at radius 2 is 1.71 bits per heavy atom. The van der Waals surface area contributed by atoms with Gasteiger partial charge in [-0.1, -0.05) is 31.5 Å². The largest absolute Gasteiger partial charge is 0.295 e. The first-order valence-electron chi connectivity index (χ1n) is 5.36. The van der Waals surface area contributed by atoms with Gasteiger partial charge in [0.25, 0.3) is 0 Å². The van der Waals surface area contributed by atoms with E-state index in [1.54, 1.807) is 26.0 Å². The highest BCUT2D eigenvalue weighted by molar-refractivity contribution is 7.94. The van der Waals surface area contributed by atoms with Gasteiger partial charge >= 0.3 is 0 Å². The molecule has 1 aromatic carbocycles. The minimum absolute atomic E-state index is 0.194. The molecule has 0 fully saturated rings. The molecule has 0 saturated heterocycles. The molecule has 0 heterocycles. The molecule has 0 unspecified atom stereocenters. The van der Waals surface area contributed by atoms with Crippen molar-refractivity contribution in [1.29, 1.82) is 0 Å². The summed E-state index contributed by atoms with van der Waals surface area (Å²) in [5.74, 6) is -0.389. The summed E-state index contributed by atoms with van der Waals surface area (Å²) in [6, 6.07) is 6.53. The van der Waals surface area contributed by atoms with Gasteiger partial charge in [0, 0.05) is 11.3 Å². The van der Waals surface area contributed by atoms with E-state index in [4.69, 9.17) is 0 Å². The number of rotatable bonds is 4. The van der Waals surface area contributed by atoms with Crippen molar-refractivity contribution in [3.63, 3.8) is 0 Å². The Hall–Kier alpha value is -1.42. The first-order chi connectivity index (χ1) is 7.83. The van der Waals surface area contributed by atoms with Gasteiger partial charge in [0.05, 0.1) is 4.90 Å². The van der Waals surface area contributed by atoms with Crippen LogP contribution in [0.15, 0.2) is 40.6 Å². The maximum atomic E-state index is 11.8. The normalized spacial score (nSPS) is 12.2. The lowest BCUT2D eigenvalue weighted by Crippen LogP contribution is -2.04. The van der Waals surface area contributed by atoms with Crippen LogP contribution in [0.2, 0.25) is 0 Å². The monoisotopic (exact) mass is 252 g/mol. The van der Waals surface area contributed by atoms with Gasteiger partial charge in [-0.2, -0.15) is 0 Å².